The van der Waals surface area contributed by atoms with Gasteiger partial charge in [0.15, 0.2) is 5.82 Å². The lowest BCUT2D eigenvalue weighted by molar-refractivity contribution is -0.136. The maximum atomic E-state index is 12.1. The standard InChI is InChI=1S/C30H35N9O/c1-4-24(40)39-18-30(19-39)9-11-37(17-30)27-21(13-31)26(25-20(2)5-6-23-22(25)14-32-35-23)33-28(34-27)38-12-8-29(16-38)7-10-36(3)15-29/h4-6,14H,1,7-12,15-19H2,2-3H3,(H,32,35). The van der Waals surface area contributed by atoms with Crippen molar-refractivity contribution in [2.24, 2.45) is 10.8 Å². The SMILES string of the molecule is C=CC(=O)N1CC2(CCN(c3nc(N4CCC5(CCN(C)C5)C4)nc(-c4c(C)ccc5[nH]ncc45)c3C#N)C2)C1. The van der Waals surface area contributed by atoms with Gasteiger partial charge >= 0.3 is 0 Å². The van der Waals surface area contributed by atoms with E-state index in [2.05, 4.69) is 57.6 Å². The molecule has 1 unspecified atom stereocenters. The highest BCUT2D eigenvalue weighted by molar-refractivity contribution is 5.97. The van der Waals surface area contributed by atoms with Crippen molar-refractivity contribution in [1.82, 2.24) is 30.0 Å². The Bertz CT molecular complexity index is 1570. The third-order valence-corrected chi connectivity index (χ3v) is 9.69. The molecule has 1 N–H and O–H groups in total. The number of carbonyl (C=O) groups is 1. The number of fused-ring (bicyclic) bond motifs is 1. The largest absolute Gasteiger partial charge is 0.355 e. The number of nitrogens with one attached hydrogen (secondary N) is 1. The first kappa shape index (κ1) is 25.0. The summed E-state index contributed by atoms with van der Waals surface area (Å²) in [6, 6.07) is 6.57. The van der Waals surface area contributed by atoms with E-state index in [1.807, 2.05) is 17.2 Å². The highest BCUT2D eigenvalue weighted by Gasteiger charge is 2.50. The Morgan fingerprint density at radius 3 is 2.55 bits per heavy atom. The van der Waals surface area contributed by atoms with Gasteiger partial charge in [0.2, 0.25) is 11.9 Å². The highest BCUT2D eigenvalue weighted by atomic mass is 16.2. The van der Waals surface area contributed by atoms with Gasteiger partial charge in [-0.05, 0) is 57.5 Å². The van der Waals surface area contributed by atoms with E-state index < -0.39 is 0 Å². The fourth-order valence-electron chi connectivity index (χ4n) is 7.55. The van der Waals surface area contributed by atoms with Gasteiger partial charge in [0, 0.05) is 67.6 Å². The van der Waals surface area contributed by atoms with Gasteiger partial charge in [0.25, 0.3) is 0 Å². The van der Waals surface area contributed by atoms with E-state index in [4.69, 9.17) is 9.97 Å². The molecule has 2 spiro atoms. The van der Waals surface area contributed by atoms with Crippen molar-refractivity contribution in [2.45, 2.75) is 26.2 Å². The number of likely N-dealkylation sites (tertiary alicyclic amines) is 2. The minimum Gasteiger partial charge on any atom is -0.355 e. The van der Waals surface area contributed by atoms with Crippen molar-refractivity contribution in [2.75, 3.05) is 69.2 Å². The van der Waals surface area contributed by atoms with Crippen molar-refractivity contribution in [3.8, 4) is 17.3 Å². The van der Waals surface area contributed by atoms with Crippen LogP contribution in [0.2, 0.25) is 0 Å². The Hall–Kier alpha value is -3.97. The van der Waals surface area contributed by atoms with E-state index in [0.717, 1.165) is 87.2 Å². The number of nitriles is 1. The topological polar surface area (TPSA) is 108 Å². The molecule has 10 nitrogen and oxygen atoms in total. The van der Waals surface area contributed by atoms with Crippen molar-refractivity contribution in [3.05, 3.63) is 42.1 Å². The summed E-state index contributed by atoms with van der Waals surface area (Å²) in [6.45, 7) is 12.8. The Morgan fingerprint density at radius 2 is 1.80 bits per heavy atom. The molecule has 4 aliphatic rings. The molecule has 6 heterocycles. The van der Waals surface area contributed by atoms with Gasteiger partial charge in [0.1, 0.15) is 11.6 Å². The molecule has 206 valence electrons. The number of carbonyl (C=O) groups excluding carboxylic acids is 1. The van der Waals surface area contributed by atoms with Crippen LogP contribution < -0.4 is 9.80 Å². The summed E-state index contributed by atoms with van der Waals surface area (Å²) in [5.74, 6) is 1.39. The number of anilines is 2. The van der Waals surface area contributed by atoms with Gasteiger partial charge in [-0.15, -0.1) is 0 Å². The molecule has 40 heavy (non-hydrogen) atoms. The third kappa shape index (κ3) is 3.86. The van der Waals surface area contributed by atoms with Crippen LogP contribution in [0, 0.1) is 29.1 Å². The van der Waals surface area contributed by atoms with Crippen LogP contribution in [0.25, 0.3) is 22.2 Å². The van der Waals surface area contributed by atoms with Gasteiger partial charge in [-0.3, -0.25) is 9.89 Å². The predicted octanol–water partition coefficient (Wildman–Crippen LogP) is 2.96. The lowest BCUT2D eigenvalue weighted by atomic mass is 9.79. The van der Waals surface area contributed by atoms with Crippen molar-refractivity contribution >= 4 is 28.6 Å². The Kier molecular flexibility index (Phi) is 5.65. The molecule has 0 saturated carbocycles. The molecular formula is C30H35N9O. The number of aromatic nitrogens is 4. The second-order valence-electron chi connectivity index (χ2n) is 12.5. The van der Waals surface area contributed by atoms with Crippen LogP contribution in [0.3, 0.4) is 0 Å². The third-order valence-electron chi connectivity index (χ3n) is 9.69. The van der Waals surface area contributed by atoms with E-state index in [-0.39, 0.29) is 16.7 Å². The molecule has 4 aliphatic heterocycles. The number of nitrogens with zero attached hydrogens (tertiary/aromatic N) is 8. The molecule has 7 rings (SSSR count). The smallest absolute Gasteiger partial charge is 0.245 e. The van der Waals surface area contributed by atoms with Crippen LogP contribution in [0.4, 0.5) is 11.8 Å². The van der Waals surface area contributed by atoms with E-state index in [1.54, 1.807) is 0 Å². The number of aromatic amines is 1. The molecule has 4 fully saturated rings. The number of benzene rings is 1. The van der Waals surface area contributed by atoms with Crippen molar-refractivity contribution < 1.29 is 4.79 Å². The Balaban J connectivity index is 1.31. The zero-order chi connectivity index (χ0) is 27.6. The molecule has 0 aliphatic carbocycles. The average molecular weight is 538 g/mol. The second kappa shape index (κ2) is 9.03. The van der Waals surface area contributed by atoms with Crippen LogP contribution in [-0.4, -0.2) is 95.3 Å². The molecule has 0 bridgehead atoms. The average Bonchev–Trinajstić information content (AvgIpc) is 3.74. The second-order valence-corrected chi connectivity index (χ2v) is 12.5. The molecule has 1 amide bonds. The number of hydrogen-bond donors (Lipinski definition) is 1. The maximum absolute atomic E-state index is 12.1. The summed E-state index contributed by atoms with van der Waals surface area (Å²) >= 11 is 0. The quantitative estimate of drug-likeness (QED) is 0.506. The zero-order valence-electron chi connectivity index (χ0n) is 23.3. The van der Waals surface area contributed by atoms with E-state index in [1.165, 1.54) is 12.5 Å². The lowest BCUT2D eigenvalue weighted by Crippen LogP contribution is -2.59. The number of aryl methyl sites for hydroxylation is 1. The Labute approximate surface area is 234 Å². The summed E-state index contributed by atoms with van der Waals surface area (Å²) in [7, 11) is 2.20. The van der Waals surface area contributed by atoms with Gasteiger partial charge in [0.05, 0.1) is 17.4 Å². The van der Waals surface area contributed by atoms with E-state index >= 15 is 0 Å². The van der Waals surface area contributed by atoms with Crippen LogP contribution in [0.5, 0.6) is 0 Å². The van der Waals surface area contributed by atoms with Gasteiger partial charge < -0.3 is 19.6 Å². The highest BCUT2D eigenvalue weighted by Crippen LogP contribution is 2.45. The summed E-state index contributed by atoms with van der Waals surface area (Å²) in [4.78, 5) is 31.3. The van der Waals surface area contributed by atoms with Crippen molar-refractivity contribution in [1.29, 1.82) is 5.26 Å². The fraction of sp³-hybridized carbons (Fsp3) is 0.500. The monoisotopic (exact) mass is 537 g/mol. The molecule has 4 saturated heterocycles. The van der Waals surface area contributed by atoms with E-state index in [9.17, 15) is 10.1 Å². The number of amides is 1. The Morgan fingerprint density at radius 1 is 1.05 bits per heavy atom. The molecule has 0 radical (unpaired) electrons. The molecule has 2 aromatic heterocycles. The van der Waals surface area contributed by atoms with Gasteiger partial charge in [-0.2, -0.15) is 15.3 Å². The summed E-state index contributed by atoms with van der Waals surface area (Å²) in [5.41, 5.74) is 4.39. The van der Waals surface area contributed by atoms with Gasteiger partial charge in [-0.1, -0.05) is 12.6 Å². The van der Waals surface area contributed by atoms with E-state index in [0.29, 0.717) is 23.0 Å². The first-order chi connectivity index (χ1) is 19.3. The summed E-state index contributed by atoms with van der Waals surface area (Å²) in [5, 5.41) is 18.9. The zero-order valence-corrected chi connectivity index (χ0v) is 23.3. The molecular weight excluding hydrogens is 502 g/mol. The number of H-pyrrole nitrogens is 1. The molecule has 3 aromatic rings. The molecule has 10 heteroatoms. The first-order valence-electron chi connectivity index (χ1n) is 14.2. The number of rotatable bonds is 4. The first-order valence-corrected chi connectivity index (χ1v) is 14.2. The van der Waals surface area contributed by atoms with Crippen LogP contribution in [-0.2, 0) is 4.79 Å². The fourth-order valence-corrected chi connectivity index (χ4v) is 7.55. The van der Waals surface area contributed by atoms with Crippen LogP contribution >= 0.6 is 0 Å². The minimum absolute atomic E-state index is 0.0161. The predicted molar refractivity (Wildman–Crippen MR) is 154 cm³/mol. The summed E-state index contributed by atoms with van der Waals surface area (Å²) < 4.78 is 0. The summed E-state index contributed by atoms with van der Waals surface area (Å²) in [6.07, 6.45) is 6.49. The molecule has 1 atom stereocenters. The van der Waals surface area contributed by atoms with Crippen LogP contribution in [0.15, 0.2) is 31.0 Å². The van der Waals surface area contributed by atoms with Gasteiger partial charge in [-0.25, -0.2) is 4.98 Å². The van der Waals surface area contributed by atoms with Crippen LogP contribution in [0.1, 0.15) is 30.4 Å². The maximum Gasteiger partial charge on any atom is 0.245 e. The minimum atomic E-state index is -0.0161. The lowest BCUT2D eigenvalue weighted by Gasteiger charge is -2.47. The van der Waals surface area contributed by atoms with Crippen molar-refractivity contribution in [3.63, 3.8) is 0 Å². The molecule has 1 aromatic carbocycles. The number of hydrogen-bond acceptors (Lipinski definition) is 8. The normalized spacial score (nSPS) is 23.9.